The predicted molar refractivity (Wildman–Crippen MR) is 178 cm³/mol. The van der Waals surface area contributed by atoms with E-state index in [2.05, 4.69) is 25.9 Å². The van der Waals surface area contributed by atoms with Crippen LogP contribution in [-0.2, 0) is 32.0 Å². The van der Waals surface area contributed by atoms with Gasteiger partial charge in [0.15, 0.2) is 0 Å². The van der Waals surface area contributed by atoms with Crippen LogP contribution in [0.25, 0.3) is 21.8 Å². The van der Waals surface area contributed by atoms with Gasteiger partial charge < -0.3 is 42.5 Å². The van der Waals surface area contributed by atoms with Crippen molar-refractivity contribution in [3.63, 3.8) is 0 Å². The molecule has 0 saturated heterocycles. The number of nitrogens with two attached hydrogens (primary N) is 2. The summed E-state index contributed by atoms with van der Waals surface area (Å²) in [6.07, 6.45) is 5.57. The number of H-pyrrole nitrogens is 2. The van der Waals surface area contributed by atoms with Gasteiger partial charge in [0.2, 0.25) is 17.7 Å². The maximum Gasteiger partial charge on any atom is 0.326 e. The Hall–Kier alpha value is -4.68. The van der Waals surface area contributed by atoms with Gasteiger partial charge in [-0.1, -0.05) is 50.2 Å². The molecule has 2 aromatic heterocycles. The van der Waals surface area contributed by atoms with Crippen LogP contribution in [0.2, 0.25) is 0 Å². The highest BCUT2D eigenvalue weighted by molar-refractivity contribution is 5.95. The third kappa shape index (κ3) is 8.95. The zero-order valence-electron chi connectivity index (χ0n) is 26.3. The first-order valence-electron chi connectivity index (χ1n) is 15.8. The molecular weight excluding hydrogens is 586 g/mol. The van der Waals surface area contributed by atoms with Crippen molar-refractivity contribution >= 4 is 45.5 Å². The maximum absolute atomic E-state index is 13.9. The minimum atomic E-state index is -1.26. The Kier molecular flexibility index (Phi) is 11.9. The number of aliphatic carboxylic acids is 1. The summed E-state index contributed by atoms with van der Waals surface area (Å²) in [5, 5.41) is 20.1. The quantitative estimate of drug-likeness (QED) is 0.0816. The Labute approximate surface area is 268 Å². The van der Waals surface area contributed by atoms with E-state index in [4.69, 9.17) is 11.5 Å². The molecule has 0 radical (unpaired) electrons. The van der Waals surface area contributed by atoms with Gasteiger partial charge >= 0.3 is 5.97 Å². The summed E-state index contributed by atoms with van der Waals surface area (Å²) in [7, 11) is 0. The number of hydrogen-bond acceptors (Lipinski definition) is 6. The first kappa shape index (κ1) is 34.2. The van der Waals surface area contributed by atoms with Gasteiger partial charge in [-0.25, -0.2) is 4.79 Å². The number of carboxylic acids is 1. The molecule has 0 aliphatic heterocycles. The van der Waals surface area contributed by atoms with E-state index < -0.39 is 47.9 Å². The molecule has 0 aliphatic carbocycles. The van der Waals surface area contributed by atoms with Crippen molar-refractivity contribution in [3.8, 4) is 0 Å². The standard InChI is InChI=1S/C34H45N7O5/c1-20(2)15-25(36)31(42)39-28(13-7-8-14-35)32(43)40-29(16-21-18-37-26-11-5-3-9-23(21)26)33(44)41-30(34(45)46)17-22-19-38-27-12-6-4-10-24(22)27/h3-6,9-12,18-20,25,28-30,37-38H,7-8,13-17,35-36H2,1-2H3,(H,39,42)(H,40,43)(H,41,44)(H,45,46). The van der Waals surface area contributed by atoms with Crippen LogP contribution >= 0.6 is 0 Å². The fourth-order valence-corrected chi connectivity index (χ4v) is 5.65. The van der Waals surface area contributed by atoms with Crippen LogP contribution in [0.5, 0.6) is 0 Å². The van der Waals surface area contributed by atoms with Gasteiger partial charge in [-0.2, -0.15) is 0 Å². The lowest BCUT2D eigenvalue weighted by Gasteiger charge is -2.25. The van der Waals surface area contributed by atoms with Crippen molar-refractivity contribution in [3.05, 3.63) is 72.1 Å². The number of carbonyl (C=O) groups excluding carboxylic acids is 3. The zero-order valence-corrected chi connectivity index (χ0v) is 26.3. The molecule has 3 amide bonds. The van der Waals surface area contributed by atoms with Crippen molar-refractivity contribution < 1.29 is 24.3 Å². The smallest absolute Gasteiger partial charge is 0.326 e. The summed E-state index contributed by atoms with van der Waals surface area (Å²) in [5.74, 6) is -2.70. The SMILES string of the molecule is CC(C)CC(N)C(=O)NC(CCCCN)C(=O)NC(Cc1c[nH]c2ccccc12)C(=O)NC(Cc1c[nH]c2ccccc12)C(=O)O. The number of amides is 3. The highest BCUT2D eigenvalue weighted by Crippen LogP contribution is 2.21. The highest BCUT2D eigenvalue weighted by atomic mass is 16.4. The van der Waals surface area contributed by atoms with Crippen molar-refractivity contribution in [2.75, 3.05) is 6.54 Å². The Morgan fingerprint density at radius 3 is 1.78 bits per heavy atom. The molecule has 0 saturated carbocycles. The summed E-state index contributed by atoms with van der Waals surface area (Å²) >= 11 is 0. The molecule has 46 heavy (non-hydrogen) atoms. The number of benzene rings is 2. The molecule has 12 heteroatoms. The number of carboxylic acid groups (broad SMARTS) is 1. The third-order valence-electron chi connectivity index (χ3n) is 8.09. The van der Waals surface area contributed by atoms with Crippen LogP contribution < -0.4 is 27.4 Å². The fraction of sp³-hybridized carbons (Fsp3) is 0.412. The number of unbranched alkanes of at least 4 members (excludes halogenated alkanes) is 1. The van der Waals surface area contributed by atoms with Gasteiger partial charge in [0.25, 0.3) is 0 Å². The fourth-order valence-electron chi connectivity index (χ4n) is 5.65. The van der Waals surface area contributed by atoms with E-state index >= 15 is 0 Å². The Morgan fingerprint density at radius 1 is 0.739 bits per heavy atom. The van der Waals surface area contributed by atoms with Crippen molar-refractivity contribution in [2.45, 2.75) is 76.5 Å². The molecule has 10 N–H and O–H groups in total. The second kappa shape index (κ2) is 16.1. The lowest BCUT2D eigenvalue weighted by molar-refractivity contribution is -0.142. The minimum absolute atomic E-state index is 0.0321. The molecule has 4 unspecified atom stereocenters. The van der Waals surface area contributed by atoms with Gasteiger partial charge in [0.1, 0.15) is 18.1 Å². The van der Waals surface area contributed by atoms with Crippen LogP contribution in [0.4, 0.5) is 0 Å². The number of hydrogen-bond donors (Lipinski definition) is 8. The third-order valence-corrected chi connectivity index (χ3v) is 8.09. The number of para-hydroxylation sites is 2. The molecule has 2 aromatic carbocycles. The molecular formula is C34H45N7O5. The van der Waals surface area contributed by atoms with E-state index in [-0.39, 0.29) is 18.8 Å². The molecule has 0 fully saturated rings. The molecule has 0 bridgehead atoms. The number of carbonyl (C=O) groups is 4. The second-order valence-electron chi connectivity index (χ2n) is 12.2. The van der Waals surface area contributed by atoms with E-state index in [1.807, 2.05) is 62.4 Å². The van der Waals surface area contributed by atoms with Crippen LogP contribution in [0, 0.1) is 5.92 Å². The highest BCUT2D eigenvalue weighted by Gasteiger charge is 2.31. The molecule has 246 valence electrons. The molecule has 4 atom stereocenters. The van der Waals surface area contributed by atoms with Gasteiger partial charge in [0.05, 0.1) is 6.04 Å². The predicted octanol–water partition coefficient (Wildman–Crippen LogP) is 2.48. The number of aromatic nitrogens is 2. The summed E-state index contributed by atoms with van der Waals surface area (Å²) in [4.78, 5) is 59.2. The Bertz CT molecular complexity index is 1640. The molecule has 2 heterocycles. The molecule has 12 nitrogen and oxygen atoms in total. The van der Waals surface area contributed by atoms with E-state index in [9.17, 15) is 24.3 Å². The topological polar surface area (TPSA) is 208 Å². The molecule has 0 spiro atoms. The first-order valence-corrected chi connectivity index (χ1v) is 15.8. The molecule has 4 rings (SSSR count). The van der Waals surface area contributed by atoms with Crippen molar-refractivity contribution in [2.24, 2.45) is 17.4 Å². The van der Waals surface area contributed by atoms with E-state index in [0.29, 0.717) is 32.2 Å². The van der Waals surface area contributed by atoms with E-state index in [1.54, 1.807) is 12.4 Å². The summed E-state index contributed by atoms with van der Waals surface area (Å²) < 4.78 is 0. The summed E-state index contributed by atoms with van der Waals surface area (Å²) in [6.45, 7) is 4.33. The normalized spacial score (nSPS) is 14.1. The van der Waals surface area contributed by atoms with Gasteiger partial charge in [0, 0.05) is 47.0 Å². The lowest BCUT2D eigenvalue weighted by Crippen LogP contribution is -2.57. The molecule has 0 aliphatic rings. The number of fused-ring (bicyclic) bond motifs is 2. The second-order valence-corrected chi connectivity index (χ2v) is 12.2. The Balaban J connectivity index is 1.58. The minimum Gasteiger partial charge on any atom is -0.480 e. The largest absolute Gasteiger partial charge is 0.480 e. The van der Waals surface area contributed by atoms with Gasteiger partial charge in [-0.05, 0) is 61.4 Å². The van der Waals surface area contributed by atoms with Crippen LogP contribution in [0.1, 0.15) is 50.7 Å². The van der Waals surface area contributed by atoms with E-state index in [1.165, 1.54) is 0 Å². The van der Waals surface area contributed by atoms with Gasteiger partial charge in [-0.3, -0.25) is 14.4 Å². The average Bonchev–Trinajstić information content (AvgIpc) is 3.63. The number of rotatable bonds is 17. The van der Waals surface area contributed by atoms with Crippen LogP contribution in [0.15, 0.2) is 60.9 Å². The summed E-state index contributed by atoms with van der Waals surface area (Å²) in [6, 6.07) is 10.9. The van der Waals surface area contributed by atoms with Crippen molar-refractivity contribution in [1.82, 2.24) is 25.9 Å². The van der Waals surface area contributed by atoms with E-state index in [0.717, 1.165) is 32.9 Å². The monoisotopic (exact) mass is 631 g/mol. The zero-order chi connectivity index (χ0) is 33.2. The summed E-state index contributed by atoms with van der Waals surface area (Å²) in [5.41, 5.74) is 15.0. The van der Waals surface area contributed by atoms with Gasteiger partial charge in [-0.15, -0.1) is 0 Å². The number of nitrogens with one attached hydrogen (secondary N) is 5. The average molecular weight is 632 g/mol. The maximum atomic E-state index is 13.9. The molecule has 4 aromatic rings. The lowest BCUT2D eigenvalue weighted by atomic mass is 10.0. The number of aromatic amines is 2. The van der Waals surface area contributed by atoms with Crippen LogP contribution in [0.3, 0.4) is 0 Å². The Morgan fingerprint density at radius 2 is 1.24 bits per heavy atom. The van der Waals surface area contributed by atoms with Crippen LogP contribution in [-0.4, -0.2) is 69.5 Å². The first-order chi connectivity index (χ1) is 22.1. The van der Waals surface area contributed by atoms with Crippen molar-refractivity contribution in [1.29, 1.82) is 0 Å².